The summed E-state index contributed by atoms with van der Waals surface area (Å²) >= 11 is 0. The third kappa shape index (κ3) is 2.44. The van der Waals surface area contributed by atoms with Crippen LogP contribution in [0.5, 0.6) is 0 Å². The van der Waals surface area contributed by atoms with Crippen molar-refractivity contribution in [3.05, 3.63) is 35.9 Å². The standard InChI is InChI=1S/C10H9FN4O2/c11-7-3-1-2-4-8(7)15-9(12-13-14-15)5-6-10(16)17/h1-4H,5-6H2,(H,16,17). The molecule has 1 aromatic heterocycles. The molecule has 2 rings (SSSR count). The van der Waals surface area contributed by atoms with Crippen molar-refractivity contribution in [1.29, 1.82) is 0 Å². The molecule has 0 aliphatic carbocycles. The van der Waals surface area contributed by atoms with Gasteiger partial charge in [0.2, 0.25) is 0 Å². The number of hydrogen-bond donors (Lipinski definition) is 1. The van der Waals surface area contributed by atoms with Crippen LogP contribution in [0.4, 0.5) is 4.39 Å². The van der Waals surface area contributed by atoms with E-state index in [4.69, 9.17) is 5.11 Å². The average molecular weight is 236 g/mol. The van der Waals surface area contributed by atoms with E-state index in [0.29, 0.717) is 5.82 Å². The van der Waals surface area contributed by atoms with E-state index >= 15 is 0 Å². The fourth-order valence-electron chi connectivity index (χ4n) is 1.39. The summed E-state index contributed by atoms with van der Waals surface area (Å²) in [5.74, 6) is -1.10. The number of carboxylic acids is 1. The molecule has 1 heterocycles. The summed E-state index contributed by atoms with van der Waals surface area (Å²) < 4.78 is 14.7. The zero-order valence-electron chi connectivity index (χ0n) is 8.75. The second-order valence-corrected chi connectivity index (χ2v) is 3.35. The zero-order valence-corrected chi connectivity index (χ0v) is 8.75. The van der Waals surface area contributed by atoms with Crippen LogP contribution in [0.3, 0.4) is 0 Å². The lowest BCUT2D eigenvalue weighted by Gasteiger charge is -2.04. The van der Waals surface area contributed by atoms with Crippen LogP contribution in [0.15, 0.2) is 24.3 Å². The lowest BCUT2D eigenvalue weighted by atomic mass is 10.2. The number of tetrazole rings is 1. The number of rotatable bonds is 4. The number of carbonyl (C=O) groups is 1. The molecule has 0 unspecified atom stereocenters. The van der Waals surface area contributed by atoms with Gasteiger partial charge < -0.3 is 5.11 Å². The minimum absolute atomic E-state index is 0.102. The third-order valence-corrected chi connectivity index (χ3v) is 2.18. The molecule has 0 radical (unpaired) electrons. The first kappa shape index (κ1) is 11.2. The van der Waals surface area contributed by atoms with E-state index in [2.05, 4.69) is 15.5 Å². The molecule has 1 aromatic carbocycles. The number of para-hydroxylation sites is 1. The van der Waals surface area contributed by atoms with E-state index in [1.54, 1.807) is 12.1 Å². The van der Waals surface area contributed by atoms with Gasteiger partial charge in [0.1, 0.15) is 11.5 Å². The van der Waals surface area contributed by atoms with Gasteiger partial charge in [-0.2, -0.15) is 4.68 Å². The van der Waals surface area contributed by atoms with Gasteiger partial charge in [0.05, 0.1) is 6.42 Å². The van der Waals surface area contributed by atoms with Crippen LogP contribution in [0.1, 0.15) is 12.2 Å². The molecule has 0 amide bonds. The highest BCUT2D eigenvalue weighted by Gasteiger charge is 2.12. The van der Waals surface area contributed by atoms with Gasteiger partial charge in [0.25, 0.3) is 0 Å². The number of halogens is 1. The van der Waals surface area contributed by atoms with Gasteiger partial charge >= 0.3 is 5.97 Å². The maximum absolute atomic E-state index is 13.5. The quantitative estimate of drug-likeness (QED) is 0.849. The van der Waals surface area contributed by atoms with E-state index in [-0.39, 0.29) is 18.5 Å². The van der Waals surface area contributed by atoms with Crippen molar-refractivity contribution in [3.63, 3.8) is 0 Å². The number of carboxylic acid groups (broad SMARTS) is 1. The summed E-state index contributed by atoms with van der Waals surface area (Å²) in [5.41, 5.74) is 0.206. The van der Waals surface area contributed by atoms with Gasteiger partial charge in [-0.1, -0.05) is 12.1 Å². The minimum atomic E-state index is -0.951. The monoisotopic (exact) mass is 236 g/mol. The molecule has 0 saturated carbocycles. The van der Waals surface area contributed by atoms with Crippen molar-refractivity contribution >= 4 is 5.97 Å². The SMILES string of the molecule is O=C(O)CCc1nnnn1-c1ccccc1F. The molecule has 7 heteroatoms. The predicted octanol–water partition coefficient (Wildman–Crippen LogP) is 0.819. The molecule has 0 saturated heterocycles. The molecule has 2 aromatic rings. The average Bonchev–Trinajstić information content (AvgIpc) is 2.75. The Hall–Kier alpha value is -2.31. The van der Waals surface area contributed by atoms with Crippen LogP contribution < -0.4 is 0 Å². The number of aromatic nitrogens is 4. The molecular weight excluding hydrogens is 227 g/mol. The maximum atomic E-state index is 13.5. The van der Waals surface area contributed by atoms with Gasteiger partial charge in [-0.05, 0) is 22.6 Å². The summed E-state index contributed by atoms with van der Waals surface area (Å²) in [6, 6.07) is 6.02. The first-order valence-electron chi connectivity index (χ1n) is 4.92. The zero-order chi connectivity index (χ0) is 12.3. The van der Waals surface area contributed by atoms with Crippen molar-refractivity contribution in [3.8, 4) is 5.69 Å². The highest BCUT2D eigenvalue weighted by Crippen LogP contribution is 2.13. The molecule has 88 valence electrons. The van der Waals surface area contributed by atoms with Gasteiger partial charge in [0.15, 0.2) is 5.82 Å². The summed E-state index contributed by atoms with van der Waals surface area (Å²) in [6.07, 6.45) is 0.0471. The van der Waals surface area contributed by atoms with Crippen molar-refractivity contribution in [2.24, 2.45) is 0 Å². The Morgan fingerprint density at radius 1 is 1.41 bits per heavy atom. The van der Waals surface area contributed by atoms with Crippen LogP contribution >= 0.6 is 0 Å². The van der Waals surface area contributed by atoms with Gasteiger partial charge in [0, 0.05) is 6.42 Å². The molecule has 1 N–H and O–H groups in total. The number of nitrogens with zero attached hydrogens (tertiary/aromatic N) is 4. The number of aliphatic carboxylic acids is 1. The molecule has 0 atom stereocenters. The molecule has 0 bridgehead atoms. The maximum Gasteiger partial charge on any atom is 0.303 e. The van der Waals surface area contributed by atoms with Crippen molar-refractivity contribution in [1.82, 2.24) is 20.2 Å². The Labute approximate surface area is 95.7 Å². The summed E-state index contributed by atoms with van der Waals surface area (Å²) in [4.78, 5) is 10.5. The largest absolute Gasteiger partial charge is 0.481 e. The van der Waals surface area contributed by atoms with E-state index in [1.807, 2.05) is 0 Å². The Balaban J connectivity index is 2.31. The fraction of sp³-hybridized carbons (Fsp3) is 0.200. The molecule has 0 aliphatic heterocycles. The highest BCUT2D eigenvalue weighted by atomic mass is 19.1. The molecular formula is C10H9FN4O2. The third-order valence-electron chi connectivity index (χ3n) is 2.18. The summed E-state index contributed by atoms with van der Waals surface area (Å²) in [5, 5.41) is 19.3. The molecule has 0 aliphatic rings. The molecule has 0 spiro atoms. The van der Waals surface area contributed by atoms with E-state index in [0.717, 1.165) is 0 Å². The summed E-state index contributed by atoms with van der Waals surface area (Å²) in [6.45, 7) is 0. The normalized spacial score (nSPS) is 10.4. The second-order valence-electron chi connectivity index (χ2n) is 3.35. The lowest BCUT2D eigenvalue weighted by molar-refractivity contribution is -0.137. The van der Waals surface area contributed by atoms with Crippen LogP contribution in [0.25, 0.3) is 5.69 Å². The van der Waals surface area contributed by atoms with Crippen LogP contribution in [0, 0.1) is 5.82 Å². The highest BCUT2D eigenvalue weighted by molar-refractivity contribution is 5.66. The van der Waals surface area contributed by atoms with Gasteiger partial charge in [-0.15, -0.1) is 5.10 Å². The Morgan fingerprint density at radius 2 is 2.18 bits per heavy atom. The second kappa shape index (κ2) is 4.69. The van der Waals surface area contributed by atoms with Crippen LogP contribution in [-0.2, 0) is 11.2 Å². The van der Waals surface area contributed by atoms with Gasteiger partial charge in [-0.25, -0.2) is 4.39 Å². The van der Waals surface area contributed by atoms with Crippen LogP contribution in [-0.4, -0.2) is 31.3 Å². The van der Waals surface area contributed by atoms with Crippen molar-refractivity contribution in [2.75, 3.05) is 0 Å². The van der Waals surface area contributed by atoms with Crippen LogP contribution in [0.2, 0.25) is 0 Å². The number of aryl methyl sites for hydroxylation is 1. The molecule has 17 heavy (non-hydrogen) atoms. The van der Waals surface area contributed by atoms with Crippen molar-refractivity contribution in [2.45, 2.75) is 12.8 Å². The number of benzene rings is 1. The molecule has 0 fully saturated rings. The first-order valence-corrected chi connectivity index (χ1v) is 4.92. The smallest absolute Gasteiger partial charge is 0.303 e. The Morgan fingerprint density at radius 3 is 2.88 bits per heavy atom. The summed E-state index contributed by atoms with van der Waals surface area (Å²) in [7, 11) is 0. The minimum Gasteiger partial charge on any atom is -0.481 e. The van der Waals surface area contributed by atoms with Gasteiger partial charge in [-0.3, -0.25) is 4.79 Å². The Kier molecular flexibility index (Phi) is 3.08. The lowest BCUT2D eigenvalue weighted by Crippen LogP contribution is -2.07. The first-order chi connectivity index (χ1) is 8.18. The molecule has 6 nitrogen and oxygen atoms in total. The Bertz CT molecular complexity index is 541. The topological polar surface area (TPSA) is 80.9 Å². The van der Waals surface area contributed by atoms with E-state index in [9.17, 15) is 9.18 Å². The van der Waals surface area contributed by atoms with E-state index in [1.165, 1.54) is 16.8 Å². The number of hydrogen-bond acceptors (Lipinski definition) is 4. The van der Waals surface area contributed by atoms with Crippen molar-refractivity contribution < 1.29 is 14.3 Å². The van der Waals surface area contributed by atoms with E-state index < -0.39 is 11.8 Å². The fourth-order valence-corrected chi connectivity index (χ4v) is 1.39. The predicted molar refractivity (Wildman–Crippen MR) is 55.1 cm³/mol.